The van der Waals surface area contributed by atoms with Gasteiger partial charge in [0, 0.05) is 6.26 Å². The van der Waals surface area contributed by atoms with E-state index in [2.05, 4.69) is 5.48 Å². The zero-order valence-corrected chi connectivity index (χ0v) is 10.5. The lowest BCUT2D eigenvalue weighted by Crippen LogP contribution is -2.37. The van der Waals surface area contributed by atoms with Gasteiger partial charge < -0.3 is 0 Å². The summed E-state index contributed by atoms with van der Waals surface area (Å²) in [6.45, 7) is 1.51. The molecule has 1 aromatic rings. The van der Waals surface area contributed by atoms with E-state index in [1.165, 1.54) is 6.92 Å². The summed E-state index contributed by atoms with van der Waals surface area (Å²) in [6, 6.07) is 9.24. The first kappa shape index (κ1) is 13.7. The van der Waals surface area contributed by atoms with E-state index in [0.29, 0.717) is 0 Å². The van der Waals surface area contributed by atoms with Crippen molar-refractivity contribution in [3.8, 4) is 0 Å². The minimum atomic E-state index is -3.39. The van der Waals surface area contributed by atoms with Crippen molar-refractivity contribution in [2.75, 3.05) is 6.26 Å². The molecule has 0 saturated heterocycles. The van der Waals surface area contributed by atoms with Crippen LogP contribution in [0.1, 0.15) is 12.5 Å². The van der Waals surface area contributed by atoms with Gasteiger partial charge in [-0.3, -0.25) is 9.63 Å². The summed E-state index contributed by atoms with van der Waals surface area (Å²) in [5.41, 5.74) is 3.01. The maximum absolute atomic E-state index is 11.4. The van der Waals surface area contributed by atoms with Crippen molar-refractivity contribution in [1.82, 2.24) is 5.48 Å². The lowest BCUT2D eigenvalue weighted by atomic mass is 10.2. The highest BCUT2D eigenvalue weighted by molar-refractivity contribution is 7.92. The van der Waals surface area contributed by atoms with Crippen LogP contribution >= 0.6 is 0 Å². The molecule has 0 radical (unpaired) electrons. The maximum atomic E-state index is 11.4. The van der Waals surface area contributed by atoms with Crippen molar-refractivity contribution >= 4 is 15.7 Å². The molecule has 1 N–H and O–H groups in total. The Bertz CT molecular complexity index is 470. The number of rotatable bonds is 5. The van der Waals surface area contributed by atoms with Gasteiger partial charge in [-0.2, -0.15) is 0 Å². The van der Waals surface area contributed by atoms with E-state index in [1.54, 1.807) is 0 Å². The topological polar surface area (TPSA) is 72.5 Å². The summed E-state index contributed by atoms with van der Waals surface area (Å²) in [4.78, 5) is 16.3. The molecule has 0 aliphatic carbocycles. The van der Waals surface area contributed by atoms with Gasteiger partial charge in [-0.15, -0.1) is 0 Å². The van der Waals surface area contributed by atoms with Gasteiger partial charge in [0.05, 0.1) is 6.61 Å². The van der Waals surface area contributed by atoms with Crippen LogP contribution in [-0.4, -0.2) is 25.8 Å². The molecule has 0 bridgehead atoms. The number of hydrogen-bond acceptors (Lipinski definition) is 4. The van der Waals surface area contributed by atoms with Crippen molar-refractivity contribution in [3.05, 3.63) is 35.9 Å². The van der Waals surface area contributed by atoms with Crippen LogP contribution in [0.5, 0.6) is 0 Å². The average molecular weight is 257 g/mol. The van der Waals surface area contributed by atoms with E-state index >= 15 is 0 Å². The first-order chi connectivity index (χ1) is 7.91. The summed E-state index contributed by atoms with van der Waals surface area (Å²) in [5, 5.41) is -1.11. The number of hydrogen-bond donors (Lipinski definition) is 1. The SMILES string of the molecule is C[C@@H](C(=O)NOCc1ccccc1)S(C)(=O)=O. The van der Waals surface area contributed by atoms with Crippen LogP contribution in [0.2, 0.25) is 0 Å². The molecule has 0 aliphatic heterocycles. The molecule has 0 saturated carbocycles. The third-order valence-electron chi connectivity index (χ3n) is 2.27. The van der Waals surface area contributed by atoms with Crippen molar-refractivity contribution in [2.45, 2.75) is 18.8 Å². The van der Waals surface area contributed by atoms with Gasteiger partial charge in [0.15, 0.2) is 9.84 Å². The number of carbonyl (C=O) groups is 1. The fraction of sp³-hybridized carbons (Fsp3) is 0.364. The fourth-order valence-electron chi connectivity index (χ4n) is 1.04. The highest BCUT2D eigenvalue weighted by Gasteiger charge is 2.23. The molecule has 6 heteroatoms. The van der Waals surface area contributed by atoms with Crippen molar-refractivity contribution in [1.29, 1.82) is 0 Å². The molecule has 0 aliphatic rings. The van der Waals surface area contributed by atoms with E-state index in [4.69, 9.17) is 4.84 Å². The number of sulfone groups is 1. The predicted molar refractivity (Wildman–Crippen MR) is 63.7 cm³/mol. The van der Waals surface area contributed by atoms with E-state index < -0.39 is 21.0 Å². The normalized spacial score (nSPS) is 13.1. The fourth-order valence-corrected chi connectivity index (χ4v) is 1.48. The van der Waals surface area contributed by atoms with E-state index in [1.807, 2.05) is 30.3 Å². The second-order valence-corrected chi connectivity index (χ2v) is 6.08. The van der Waals surface area contributed by atoms with Crippen LogP contribution in [-0.2, 0) is 26.1 Å². The second-order valence-electron chi connectivity index (χ2n) is 3.71. The minimum Gasteiger partial charge on any atom is -0.271 e. The Morgan fingerprint density at radius 3 is 2.47 bits per heavy atom. The average Bonchev–Trinajstić information content (AvgIpc) is 2.28. The van der Waals surface area contributed by atoms with Crippen LogP contribution in [0.3, 0.4) is 0 Å². The molecule has 1 rings (SSSR count). The lowest BCUT2D eigenvalue weighted by Gasteiger charge is -2.10. The van der Waals surface area contributed by atoms with Gasteiger partial charge in [0.25, 0.3) is 5.91 Å². The maximum Gasteiger partial charge on any atom is 0.261 e. The summed E-state index contributed by atoms with van der Waals surface area (Å²) in [7, 11) is -3.39. The van der Waals surface area contributed by atoms with E-state index in [9.17, 15) is 13.2 Å². The largest absolute Gasteiger partial charge is 0.271 e. The molecule has 0 spiro atoms. The first-order valence-corrected chi connectivity index (χ1v) is 7.01. The monoisotopic (exact) mass is 257 g/mol. The molecule has 5 nitrogen and oxygen atoms in total. The smallest absolute Gasteiger partial charge is 0.261 e. The van der Waals surface area contributed by atoms with Gasteiger partial charge in [-0.25, -0.2) is 13.9 Å². The molecule has 94 valence electrons. The molecule has 1 aromatic carbocycles. The summed E-state index contributed by atoms with van der Waals surface area (Å²) >= 11 is 0. The molecule has 17 heavy (non-hydrogen) atoms. The number of benzene rings is 1. The Balaban J connectivity index is 2.40. The molecule has 0 aromatic heterocycles. The van der Waals surface area contributed by atoms with Crippen LogP contribution in [0.25, 0.3) is 0 Å². The van der Waals surface area contributed by atoms with Crippen LogP contribution in [0, 0.1) is 0 Å². The van der Waals surface area contributed by atoms with Gasteiger partial charge in [0.1, 0.15) is 5.25 Å². The van der Waals surface area contributed by atoms with Crippen molar-refractivity contribution < 1.29 is 18.0 Å². The zero-order valence-electron chi connectivity index (χ0n) is 9.71. The number of carbonyl (C=O) groups excluding carboxylic acids is 1. The summed E-state index contributed by atoms with van der Waals surface area (Å²) in [5.74, 6) is -0.663. The molecular weight excluding hydrogens is 242 g/mol. The molecule has 1 atom stereocenters. The molecule has 0 heterocycles. The van der Waals surface area contributed by atoms with Crippen molar-refractivity contribution in [3.63, 3.8) is 0 Å². The lowest BCUT2D eigenvalue weighted by molar-refractivity contribution is -0.133. The van der Waals surface area contributed by atoms with E-state index in [-0.39, 0.29) is 6.61 Å². The predicted octanol–water partition coefficient (Wildman–Crippen LogP) is 0.667. The summed E-state index contributed by atoms with van der Waals surface area (Å²) < 4.78 is 22.2. The van der Waals surface area contributed by atoms with Crippen LogP contribution < -0.4 is 5.48 Å². The Morgan fingerprint density at radius 2 is 1.94 bits per heavy atom. The third kappa shape index (κ3) is 4.54. The number of amides is 1. The third-order valence-corrected chi connectivity index (χ3v) is 3.76. The summed E-state index contributed by atoms with van der Waals surface area (Å²) in [6.07, 6.45) is 1.01. The standard InChI is InChI=1S/C11H15NO4S/c1-9(17(2,14)15)11(13)12-16-8-10-6-4-3-5-7-10/h3-7,9H,8H2,1-2H3,(H,12,13)/t9-/m0/s1. The van der Waals surface area contributed by atoms with Gasteiger partial charge in [-0.1, -0.05) is 30.3 Å². The van der Waals surface area contributed by atoms with Crippen molar-refractivity contribution in [2.24, 2.45) is 0 Å². The molecule has 1 amide bonds. The van der Waals surface area contributed by atoms with Crippen LogP contribution in [0.15, 0.2) is 30.3 Å². The first-order valence-electron chi connectivity index (χ1n) is 5.05. The highest BCUT2D eigenvalue weighted by atomic mass is 32.2. The van der Waals surface area contributed by atoms with E-state index in [0.717, 1.165) is 11.8 Å². The number of hydroxylamine groups is 1. The van der Waals surface area contributed by atoms with Gasteiger partial charge >= 0.3 is 0 Å². The highest BCUT2D eigenvalue weighted by Crippen LogP contribution is 2.01. The zero-order chi connectivity index (χ0) is 12.9. The Hall–Kier alpha value is -1.40. The Labute approximate surface area is 101 Å². The second kappa shape index (κ2) is 5.79. The minimum absolute atomic E-state index is 0.197. The quantitative estimate of drug-likeness (QED) is 0.787. The molecule has 0 fully saturated rings. The Morgan fingerprint density at radius 1 is 1.35 bits per heavy atom. The molecular formula is C11H15NO4S. The Kier molecular flexibility index (Phi) is 4.65. The van der Waals surface area contributed by atoms with Gasteiger partial charge in [-0.05, 0) is 12.5 Å². The number of nitrogens with one attached hydrogen (secondary N) is 1. The molecule has 0 unspecified atom stereocenters. The van der Waals surface area contributed by atoms with Crippen LogP contribution in [0.4, 0.5) is 0 Å². The van der Waals surface area contributed by atoms with Gasteiger partial charge in [0.2, 0.25) is 0 Å².